The van der Waals surface area contributed by atoms with Crippen LogP contribution in [0.1, 0.15) is 25.8 Å². The smallest absolute Gasteiger partial charge is 0.246 e. The van der Waals surface area contributed by atoms with E-state index in [1.807, 2.05) is 24.3 Å². The van der Waals surface area contributed by atoms with Crippen LogP contribution in [0.4, 0.5) is 5.69 Å². The van der Waals surface area contributed by atoms with Crippen LogP contribution in [0.3, 0.4) is 0 Å². The zero-order valence-electron chi connectivity index (χ0n) is 13.0. The van der Waals surface area contributed by atoms with Gasteiger partial charge in [-0.15, -0.1) is 12.4 Å². The van der Waals surface area contributed by atoms with Crippen molar-refractivity contribution in [2.75, 3.05) is 18.0 Å². The van der Waals surface area contributed by atoms with E-state index in [0.29, 0.717) is 6.54 Å². The number of nitrogens with one attached hydrogen (secondary N) is 1. The molecule has 3 N–H and O–H groups in total. The van der Waals surface area contributed by atoms with Crippen molar-refractivity contribution in [3.05, 3.63) is 29.8 Å². The molecule has 2 amide bonds. The minimum Gasteiger partial charge on any atom is -0.347 e. The average molecular weight is 326 g/mol. The Balaban J connectivity index is 0.00000242. The lowest BCUT2D eigenvalue weighted by Gasteiger charge is -2.29. The molecule has 0 radical (unpaired) electrons. The molecule has 0 fully saturated rings. The summed E-state index contributed by atoms with van der Waals surface area (Å²) in [6.07, 6.45) is 1.95. The van der Waals surface area contributed by atoms with Crippen LogP contribution < -0.4 is 16.0 Å². The van der Waals surface area contributed by atoms with Crippen LogP contribution in [-0.2, 0) is 16.0 Å². The maximum atomic E-state index is 12.3. The molecular weight excluding hydrogens is 302 g/mol. The van der Waals surface area contributed by atoms with E-state index in [1.165, 1.54) is 5.56 Å². The Labute approximate surface area is 137 Å². The molecule has 0 saturated heterocycles. The highest BCUT2D eigenvalue weighted by Gasteiger charge is 2.23. The SMILES string of the molecule is CC(N)C(C)C(=O)NCC(=O)N1CCCc2ccccc21.Cl. The van der Waals surface area contributed by atoms with E-state index in [-0.39, 0.29) is 42.7 Å². The first-order valence-corrected chi connectivity index (χ1v) is 7.42. The Morgan fingerprint density at radius 3 is 2.68 bits per heavy atom. The second-order valence-corrected chi connectivity index (χ2v) is 5.64. The number of para-hydroxylation sites is 1. The molecule has 1 aromatic carbocycles. The van der Waals surface area contributed by atoms with Crippen LogP contribution in [0.25, 0.3) is 0 Å². The second-order valence-electron chi connectivity index (χ2n) is 5.64. The molecule has 5 nitrogen and oxygen atoms in total. The van der Waals surface area contributed by atoms with E-state index in [4.69, 9.17) is 5.73 Å². The Morgan fingerprint density at radius 2 is 2.00 bits per heavy atom. The van der Waals surface area contributed by atoms with E-state index in [1.54, 1.807) is 18.7 Å². The summed E-state index contributed by atoms with van der Waals surface area (Å²) in [6, 6.07) is 7.69. The predicted octanol–water partition coefficient (Wildman–Crippen LogP) is 1.49. The van der Waals surface area contributed by atoms with Gasteiger partial charge in [-0.2, -0.15) is 0 Å². The number of benzene rings is 1. The van der Waals surface area contributed by atoms with Gasteiger partial charge < -0.3 is 16.0 Å². The van der Waals surface area contributed by atoms with Crippen molar-refractivity contribution in [1.82, 2.24) is 5.32 Å². The highest BCUT2D eigenvalue weighted by molar-refractivity contribution is 5.97. The first-order valence-electron chi connectivity index (χ1n) is 7.42. The third kappa shape index (κ3) is 4.21. The topological polar surface area (TPSA) is 75.4 Å². The minimum absolute atomic E-state index is 0. The number of anilines is 1. The first-order chi connectivity index (χ1) is 10.0. The number of aryl methyl sites for hydroxylation is 1. The van der Waals surface area contributed by atoms with Gasteiger partial charge in [0.1, 0.15) is 0 Å². The molecular formula is C16H24ClN3O2. The molecule has 122 valence electrons. The molecule has 6 heteroatoms. The van der Waals surface area contributed by atoms with Crippen molar-refractivity contribution in [2.45, 2.75) is 32.7 Å². The van der Waals surface area contributed by atoms with E-state index in [0.717, 1.165) is 18.5 Å². The Hall–Kier alpha value is -1.59. The van der Waals surface area contributed by atoms with Crippen molar-refractivity contribution < 1.29 is 9.59 Å². The molecule has 0 spiro atoms. The number of rotatable bonds is 4. The minimum atomic E-state index is -0.300. The highest BCUT2D eigenvalue weighted by atomic mass is 35.5. The van der Waals surface area contributed by atoms with Gasteiger partial charge in [-0.05, 0) is 31.4 Å². The lowest BCUT2D eigenvalue weighted by molar-refractivity contribution is -0.127. The van der Waals surface area contributed by atoms with Crippen molar-refractivity contribution >= 4 is 29.9 Å². The zero-order valence-corrected chi connectivity index (χ0v) is 13.9. The molecule has 1 aliphatic heterocycles. The molecule has 0 bridgehead atoms. The summed E-state index contributed by atoms with van der Waals surface area (Å²) in [5.41, 5.74) is 7.84. The standard InChI is InChI=1S/C16H23N3O2.ClH/c1-11(12(2)17)16(21)18-10-15(20)19-9-5-7-13-6-3-4-8-14(13)19;/h3-4,6,8,11-12H,5,7,9-10,17H2,1-2H3,(H,18,21);1H. The first kappa shape index (κ1) is 18.5. The summed E-state index contributed by atoms with van der Waals surface area (Å²) in [4.78, 5) is 26.0. The molecule has 0 saturated carbocycles. The largest absolute Gasteiger partial charge is 0.347 e. The number of carbonyl (C=O) groups is 2. The maximum Gasteiger partial charge on any atom is 0.246 e. The summed E-state index contributed by atoms with van der Waals surface area (Å²) in [6.45, 7) is 4.27. The molecule has 2 atom stereocenters. The molecule has 1 heterocycles. The highest BCUT2D eigenvalue weighted by Crippen LogP contribution is 2.26. The number of hydrogen-bond donors (Lipinski definition) is 2. The number of amides is 2. The molecule has 22 heavy (non-hydrogen) atoms. The molecule has 1 aliphatic rings. The van der Waals surface area contributed by atoms with E-state index >= 15 is 0 Å². The number of carbonyl (C=O) groups excluding carboxylic acids is 2. The fourth-order valence-corrected chi connectivity index (χ4v) is 2.45. The Morgan fingerprint density at radius 1 is 1.32 bits per heavy atom. The zero-order chi connectivity index (χ0) is 15.4. The van der Waals surface area contributed by atoms with Crippen LogP contribution in [0, 0.1) is 5.92 Å². The van der Waals surface area contributed by atoms with Crippen molar-refractivity contribution in [2.24, 2.45) is 11.7 Å². The molecule has 2 rings (SSSR count). The third-order valence-electron chi connectivity index (χ3n) is 4.03. The van der Waals surface area contributed by atoms with Gasteiger partial charge in [-0.3, -0.25) is 9.59 Å². The lowest BCUT2D eigenvalue weighted by Crippen LogP contribution is -2.45. The van der Waals surface area contributed by atoms with Crippen molar-refractivity contribution in [1.29, 1.82) is 0 Å². The van der Waals surface area contributed by atoms with Crippen LogP contribution in [0.15, 0.2) is 24.3 Å². The fourth-order valence-electron chi connectivity index (χ4n) is 2.45. The number of hydrogen-bond acceptors (Lipinski definition) is 3. The average Bonchev–Trinajstić information content (AvgIpc) is 2.50. The van der Waals surface area contributed by atoms with Crippen LogP contribution in [0.2, 0.25) is 0 Å². The van der Waals surface area contributed by atoms with Gasteiger partial charge in [0.15, 0.2) is 0 Å². The monoisotopic (exact) mass is 325 g/mol. The Bertz CT molecular complexity index is 534. The van der Waals surface area contributed by atoms with Gasteiger partial charge in [0, 0.05) is 24.2 Å². The fraction of sp³-hybridized carbons (Fsp3) is 0.500. The molecule has 1 aromatic rings. The molecule has 2 unspecified atom stereocenters. The van der Waals surface area contributed by atoms with E-state index in [2.05, 4.69) is 5.32 Å². The van der Waals surface area contributed by atoms with Crippen LogP contribution >= 0.6 is 12.4 Å². The normalized spacial score (nSPS) is 16.0. The summed E-state index contributed by atoms with van der Waals surface area (Å²) in [7, 11) is 0. The summed E-state index contributed by atoms with van der Waals surface area (Å²) < 4.78 is 0. The molecule has 0 aromatic heterocycles. The number of nitrogens with zero attached hydrogens (tertiary/aromatic N) is 1. The lowest BCUT2D eigenvalue weighted by atomic mass is 10.0. The summed E-state index contributed by atoms with van der Waals surface area (Å²) in [5.74, 6) is -0.553. The van der Waals surface area contributed by atoms with E-state index in [9.17, 15) is 9.59 Å². The molecule has 0 aliphatic carbocycles. The van der Waals surface area contributed by atoms with Gasteiger partial charge in [0.2, 0.25) is 11.8 Å². The van der Waals surface area contributed by atoms with Crippen molar-refractivity contribution in [3.8, 4) is 0 Å². The number of fused-ring (bicyclic) bond motifs is 1. The van der Waals surface area contributed by atoms with Crippen molar-refractivity contribution in [3.63, 3.8) is 0 Å². The number of halogens is 1. The third-order valence-corrected chi connectivity index (χ3v) is 4.03. The van der Waals surface area contributed by atoms with Gasteiger partial charge >= 0.3 is 0 Å². The van der Waals surface area contributed by atoms with Gasteiger partial charge in [-0.1, -0.05) is 25.1 Å². The summed E-state index contributed by atoms with van der Waals surface area (Å²) in [5, 5.41) is 2.68. The van der Waals surface area contributed by atoms with Crippen LogP contribution in [-0.4, -0.2) is 30.9 Å². The maximum absolute atomic E-state index is 12.3. The summed E-state index contributed by atoms with van der Waals surface area (Å²) >= 11 is 0. The van der Waals surface area contributed by atoms with Gasteiger partial charge in [0.05, 0.1) is 6.54 Å². The van der Waals surface area contributed by atoms with Crippen LogP contribution in [0.5, 0.6) is 0 Å². The van der Waals surface area contributed by atoms with E-state index < -0.39 is 0 Å². The predicted molar refractivity (Wildman–Crippen MR) is 90.2 cm³/mol. The quantitative estimate of drug-likeness (QED) is 0.880. The second kappa shape index (κ2) is 8.15. The number of nitrogens with two attached hydrogens (primary N) is 1. The van der Waals surface area contributed by atoms with Gasteiger partial charge in [-0.25, -0.2) is 0 Å². The van der Waals surface area contributed by atoms with Gasteiger partial charge in [0.25, 0.3) is 0 Å². The Kier molecular flexibility index (Phi) is 6.84.